The van der Waals surface area contributed by atoms with Gasteiger partial charge in [0.05, 0.1) is 0 Å². The van der Waals surface area contributed by atoms with Crippen molar-refractivity contribution in [3.8, 4) is 0 Å². The van der Waals surface area contributed by atoms with Crippen LogP contribution < -0.4 is 5.84 Å². The van der Waals surface area contributed by atoms with E-state index in [0.29, 0.717) is 19.7 Å². The molecule has 0 spiro atoms. The highest BCUT2D eigenvalue weighted by molar-refractivity contribution is 5.67. The predicted octanol–water partition coefficient (Wildman–Crippen LogP) is 0.906. The number of hydrogen-bond acceptors (Lipinski definition) is 4. The Bertz CT molecular complexity index is 199. The van der Waals surface area contributed by atoms with E-state index in [2.05, 4.69) is 20.8 Å². The van der Waals surface area contributed by atoms with Crippen LogP contribution in [0.25, 0.3) is 0 Å². The first kappa shape index (κ1) is 14.2. The highest BCUT2D eigenvalue weighted by Gasteiger charge is 2.18. The lowest BCUT2D eigenvalue weighted by molar-refractivity contribution is 0.0913. The Hall–Kier alpha value is -0.810. The molecule has 0 fully saturated rings. The molecule has 0 unspecified atom stereocenters. The van der Waals surface area contributed by atoms with Crippen molar-refractivity contribution in [2.45, 2.75) is 20.8 Å². The minimum atomic E-state index is -0.299. The molecule has 0 aliphatic heterocycles. The Morgan fingerprint density at radius 1 is 1.33 bits per heavy atom. The Labute approximate surface area is 92.1 Å². The van der Waals surface area contributed by atoms with Gasteiger partial charge in [0, 0.05) is 27.2 Å². The number of rotatable bonds is 4. The van der Waals surface area contributed by atoms with Crippen molar-refractivity contribution in [3.63, 3.8) is 0 Å². The lowest BCUT2D eigenvalue weighted by atomic mass is 9.96. The average Bonchev–Trinajstić information content (AvgIpc) is 1.99. The van der Waals surface area contributed by atoms with Crippen LogP contribution in [0, 0.1) is 5.41 Å². The van der Waals surface area contributed by atoms with Crippen molar-refractivity contribution >= 4 is 6.09 Å². The molecule has 0 aliphatic carbocycles. The third kappa shape index (κ3) is 8.20. The van der Waals surface area contributed by atoms with Crippen molar-refractivity contribution in [2.24, 2.45) is 11.3 Å². The zero-order valence-electron chi connectivity index (χ0n) is 10.4. The largest absolute Gasteiger partial charge is 0.448 e. The molecule has 5 heteroatoms. The van der Waals surface area contributed by atoms with Crippen LogP contribution >= 0.6 is 0 Å². The molecule has 0 radical (unpaired) electrons. The Morgan fingerprint density at radius 2 is 1.87 bits per heavy atom. The second-order valence-electron chi connectivity index (χ2n) is 5.01. The minimum absolute atomic E-state index is 0.0818. The van der Waals surface area contributed by atoms with Crippen molar-refractivity contribution in [2.75, 3.05) is 33.8 Å². The molecule has 5 nitrogen and oxygen atoms in total. The summed E-state index contributed by atoms with van der Waals surface area (Å²) in [5.74, 6) is 5.38. The van der Waals surface area contributed by atoms with Crippen molar-refractivity contribution in [1.82, 2.24) is 9.91 Å². The molecule has 0 saturated carbocycles. The van der Waals surface area contributed by atoms with Crippen molar-refractivity contribution < 1.29 is 9.53 Å². The van der Waals surface area contributed by atoms with E-state index in [1.807, 2.05) is 0 Å². The molecular formula is C10H23N3O2. The summed E-state index contributed by atoms with van der Waals surface area (Å²) < 4.78 is 5.03. The lowest BCUT2D eigenvalue weighted by Gasteiger charge is -2.26. The number of nitrogens with two attached hydrogens (primary N) is 1. The van der Waals surface area contributed by atoms with Crippen LogP contribution in [0.1, 0.15) is 20.8 Å². The van der Waals surface area contributed by atoms with Gasteiger partial charge in [0.25, 0.3) is 0 Å². The van der Waals surface area contributed by atoms with Gasteiger partial charge >= 0.3 is 6.09 Å². The molecule has 0 rings (SSSR count). The summed E-state index contributed by atoms with van der Waals surface area (Å²) >= 11 is 0. The quantitative estimate of drug-likeness (QED) is 0.561. The fourth-order valence-electron chi connectivity index (χ4n) is 1.16. The molecule has 90 valence electrons. The molecule has 0 bridgehead atoms. The van der Waals surface area contributed by atoms with Gasteiger partial charge in [-0.1, -0.05) is 20.8 Å². The Balaban J connectivity index is 3.80. The second-order valence-corrected chi connectivity index (χ2v) is 5.01. The zero-order valence-corrected chi connectivity index (χ0v) is 10.4. The van der Waals surface area contributed by atoms with Crippen LogP contribution in [0.15, 0.2) is 0 Å². The lowest BCUT2D eigenvalue weighted by Crippen LogP contribution is -2.37. The van der Waals surface area contributed by atoms with Gasteiger partial charge in [0.2, 0.25) is 0 Å². The maximum Gasteiger partial charge on any atom is 0.409 e. The van der Waals surface area contributed by atoms with Crippen LogP contribution in [-0.4, -0.2) is 49.8 Å². The summed E-state index contributed by atoms with van der Waals surface area (Å²) in [6.07, 6.45) is -0.299. The van der Waals surface area contributed by atoms with E-state index in [9.17, 15) is 4.79 Å². The number of likely N-dealkylation sites (N-methyl/N-ethyl adjacent to an activating group) is 1. The molecule has 0 aromatic heterocycles. The number of carbonyl (C=O) groups is 1. The van der Waals surface area contributed by atoms with E-state index in [-0.39, 0.29) is 11.5 Å². The Kier molecular flexibility index (Phi) is 5.60. The molecular weight excluding hydrogens is 194 g/mol. The summed E-state index contributed by atoms with van der Waals surface area (Å²) in [5, 5.41) is 1.48. The monoisotopic (exact) mass is 217 g/mol. The van der Waals surface area contributed by atoms with Gasteiger partial charge in [0.1, 0.15) is 6.61 Å². The number of nitrogens with zero attached hydrogens (tertiary/aromatic N) is 2. The third-order valence-corrected chi connectivity index (χ3v) is 1.69. The summed E-state index contributed by atoms with van der Waals surface area (Å²) in [7, 11) is 3.46. The van der Waals surface area contributed by atoms with E-state index in [0.717, 1.165) is 0 Å². The van der Waals surface area contributed by atoms with Crippen molar-refractivity contribution in [3.05, 3.63) is 0 Å². The average molecular weight is 217 g/mol. The van der Waals surface area contributed by atoms with Gasteiger partial charge in [-0.05, 0) is 5.41 Å². The van der Waals surface area contributed by atoms with Gasteiger partial charge in [-0.2, -0.15) is 0 Å². The molecule has 1 amide bonds. The topological polar surface area (TPSA) is 58.8 Å². The van der Waals surface area contributed by atoms with Gasteiger partial charge in [0.15, 0.2) is 0 Å². The second kappa shape index (κ2) is 5.92. The molecule has 0 saturated heterocycles. The first-order chi connectivity index (χ1) is 6.72. The molecule has 0 aromatic rings. The maximum atomic E-state index is 11.4. The highest BCUT2D eigenvalue weighted by atomic mass is 16.6. The highest BCUT2D eigenvalue weighted by Crippen LogP contribution is 2.14. The fraction of sp³-hybridized carbons (Fsp3) is 0.900. The van der Waals surface area contributed by atoms with E-state index in [1.54, 1.807) is 19.0 Å². The standard InChI is InChI=1S/C10H23N3O2/c1-10(2,3)8-12(4)9(14)15-7-6-13(5)11/h6-8,11H2,1-5H3. The van der Waals surface area contributed by atoms with Crippen LogP contribution in [0.5, 0.6) is 0 Å². The van der Waals surface area contributed by atoms with E-state index in [1.165, 1.54) is 5.01 Å². The van der Waals surface area contributed by atoms with Gasteiger partial charge in [-0.15, -0.1) is 0 Å². The summed E-state index contributed by atoms with van der Waals surface area (Å²) in [4.78, 5) is 13.0. The first-order valence-electron chi connectivity index (χ1n) is 5.06. The Morgan fingerprint density at radius 3 is 2.27 bits per heavy atom. The van der Waals surface area contributed by atoms with Gasteiger partial charge in [-0.25, -0.2) is 9.80 Å². The number of amides is 1. The van der Waals surface area contributed by atoms with Crippen LogP contribution in [-0.2, 0) is 4.74 Å². The smallest absolute Gasteiger partial charge is 0.409 e. The van der Waals surface area contributed by atoms with Gasteiger partial charge < -0.3 is 9.64 Å². The molecule has 0 heterocycles. The first-order valence-corrected chi connectivity index (χ1v) is 5.06. The molecule has 0 aliphatic rings. The fourth-order valence-corrected chi connectivity index (χ4v) is 1.16. The molecule has 0 aromatic carbocycles. The van der Waals surface area contributed by atoms with Crippen LogP contribution in [0.3, 0.4) is 0 Å². The molecule has 0 atom stereocenters. The maximum absolute atomic E-state index is 11.4. The zero-order chi connectivity index (χ0) is 12.1. The van der Waals surface area contributed by atoms with Crippen molar-refractivity contribution in [1.29, 1.82) is 0 Å². The number of carbonyl (C=O) groups excluding carboxylic acids is 1. The third-order valence-electron chi connectivity index (χ3n) is 1.69. The number of hydrazine groups is 1. The summed E-state index contributed by atoms with van der Waals surface area (Å²) in [5.41, 5.74) is 0.0818. The normalized spacial score (nSPS) is 11.7. The van der Waals surface area contributed by atoms with Gasteiger partial charge in [-0.3, -0.25) is 5.84 Å². The van der Waals surface area contributed by atoms with Crippen LogP contribution in [0.2, 0.25) is 0 Å². The van der Waals surface area contributed by atoms with E-state index < -0.39 is 0 Å². The number of hydrogen-bond donors (Lipinski definition) is 1. The summed E-state index contributed by atoms with van der Waals surface area (Å²) in [6, 6.07) is 0. The van der Waals surface area contributed by atoms with E-state index >= 15 is 0 Å². The molecule has 2 N–H and O–H groups in total. The minimum Gasteiger partial charge on any atom is -0.448 e. The molecule has 15 heavy (non-hydrogen) atoms. The van der Waals surface area contributed by atoms with E-state index in [4.69, 9.17) is 10.6 Å². The predicted molar refractivity (Wildman–Crippen MR) is 60.3 cm³/mol. The SMILES string of the molecule is CN(N)CCOC(=O)N(C)CC(C)(C)C. The summed E-state index contributed by atoms with van der Waals surface area (Å²) in [6.45, 7) is 7.75. The number of ether oxygens (including phenoxy) is 1. The van der Waals surface area contributed by atoms with Crippen LogP contribution in [0.4, 0.5) is 4.79 Å².